The maximum atomic E-state index is 13.7. The second kappa shape index (κ2) is 6.10. The normalized spacial score (nSPS) is 17.1. The van der Waals surface area contributed by atoms with Crippen LogP contribution in [0.1, 0.15) is 56.0 Å². The van der Waals surface area contributed by atoms with E-state index in [0.29, 0.717) is 5.92 Å². The Bertz CT molecular complexity index is 931. The Morgan fingerprint density at radius 2 is 2.08 bits per heavy atom. The van der Waals surface area contributed by atoms with Gasteiger partial charge in [-0.1, -0.05) is 13.8 Å². The summed E-state index contributed by atoms with van der Waals surface area (Å²) in [5, 5.41) is 9.00. The first-order valence-electron chi connectivity index (χ1n) is 8.79. The van der Waals surface area contributed by atoms with Crippen molar-refractivity contribution < 1.29 is 4.39 Å². The van der Waals surface area contributed by atoms with Crippen LogP contribution in [-0.2, 0) is 6.54 Å². The number of aryl methyl sites for hydroxylation is 2. The first-order valence-corrected chi connectivity index (χ1v) is 8.79. The van der Waals surface area contributed by atoms with Gasteiger partial charge < -0.3 is 5.32 Å². The predicted molar refractivity (Wildman–Crippen MR) is 96.1 cm³/mol. The van der Waals surface area contributed by atoms with Gasteiger partial charge in [-0.25, -0.2) is 14.1 Å². The number of hydrogen-bond donors (Lipinski definition) is 1. The van der Waals surface area contributed by atoms with Crippen molar-refractivity contribution >= 4 is 16.6 Å². The van der Waals surface area contributed by atoms with Gasteiger partial charge in [0.2, 0.25) is 0 Å². The average molecular weight is 339 g/mol. The van der Waals surface area contributed by atoms with E-state index >= 15 is 0 Å². The van der Waals surface area contributed by atoms with Gasteiger partial charge in [0.15, 0.2) is 5.82 Å². The van der Waals surface area contributed by atoms with Crippen LogP contribution in [-0.4, -0.2) is 19.7 Å². The van der Waals surface area contributed by atoms with Crippen LogP contribution in [0.5, 0.6) is 0 Å². The molecule has 3 heterocycles. The van der Waals surface area contributed by atoms with E-state index < -0.39 is 0 Å². The molecule has 1 aliphatic heterocycles. The summed E-state index contributed by atoms with van der Waals surface area (Å²) in [6, 6.07) is 6.76. The SMILES string of the molecule is Cc1cc(NC2CCCn3nc(C(C)C)nc32)c2cc(F)ccc2n1. The molecule has 0 aliphatic carbocycles. The number of rotatable bonds is 3. The lowest BCUT2D eigenvalue weighted by Gasteiger charge is -2.24. The first-order chi connectivity index (χ1) is 12.0. The summed E-state index contributed by atoms with van der Waals surface area (Å²) in [7, 11) is 0. The van der Waals surface area contributed by atoms with Crippen molar-refractivity contribution in [2.45, 2.75) is 52.1 Å². The quantitative estimate of drug-likeness (QED) is 0.771. The first kappa shape index (κ1) is 16.0. The minimum Gasteiger partial charge on any atom is -0.374 e. The number of benzene rings is 1. The Balaban J connectivity index is 1.74. The van der Waals surface area contributed by atoms with Crippen molar-refractivity contribution in [1.82, 2.24) is 19.7 Å². The number of anilines is 1. The van der Waals surface area contributed by atoms with Gasteiger partial charge in [0.1, 0.15) is 11.6 Å². The van der Waals surface area contributed by atoms with E-state index in [1.807, 2.05) is 17.7 Å². The lowest BCUT2D eigenvalue weighted by atomic mass is 10.1. The number of pyridine rings is 1. The minimum absolute atomic E-state index is 0.0713. The lowest BCUT2D eigenvalue weighted by molar-refractivity contribution is 0.437. The van der Waals surface area contributed by atoms with Crippen molar-refractivity contribution in [2.24, 2.45) is 0 Å². The van der Waals surface area contributed by atoms with Gasteiger partial charge in [-0.05, 0) is 44.0 Å². The number of hydrogen-bond acceptors (Lipinski definition) is 4. The molecule has 0 saturated carbocycles. The number of fused-ring (bicyclic) bond motifs is 2. The highest BCUT2D eigenvalue weighted by molar-refractivity contribution is 5.91. The van der Waals surface area contributed by atoms with E-state index in [-0.39, 0.29) is 11.9 Å². The Labute approximate surface area is 146 Å². The molecule has 0 radical (unpaired) electrons. The predicted octanol–water partition coefficient (Wildman–Crippen LogP) is 4.34. The van der Waals surface area contributed by atoms with Gasteiger partial charge in [0.05, 0.1) is 11.6 Å². The van der Waals surface area contributed by atoms with Crippen LogP contribution < -0.4 is 5.32 Å². The molecular formula is C19H22FN5. The molecule has 0 fully saturated rings. The molecule has 4 rings (SSSR count). The molecule has 2 aromatic heterocycles. The molecule has 1 aromatic carbocycles. The zero-order valence-electron chi connectivity index (χ0n) is 14.8. The summed E-state index contributed by atoms with van der Waals surface area (Å²) in [4.78, 5) is 9.25. The molecule has 1 atom stereocenters. The highest BCUT2D eigenvalue weighted by atomic mass is 19.1. The third-order valence-electron chi connectivity index (χ3n) is 4.64. The molecule has 0 spiro atoms. The van der Waals surface area contributed by atoms with Crippen LogP contribution in [0.15, 0.2) is 24.3 Å². The van der Waals surface area contributed by atoms with Gasteiger partial charge >= 0.3 is 0 Å². The summed E-state index contributed by atoms with van der Waals surface area (Å²) in [6.07, 6.45) is 2.02. The number of aromatic nitrogens is 4. The largest absolute Gasteiger partial charge is 0.374 e. The monoisotopic (exact) mass is 339 g/mol. The van der Waals surface area contributed by atoms with Crippen LogP contribution >= 0.6 is 0 Å². The Morgan fingerprint density at radius 1 is 1.24 bits per heavy atom. The maximum absolute atomic E-state index is 13.7. The Hall–Kier alpha value is -2.50. The van der Waals surface area contributed by atoms with Crippen LogP contribution in [0.2, 0.25) is 0 Å². The zero-order chi connectivity index (χ0) is 17.6. The van der Waals surface area contributed by atoms with Crippen molar-refractivity contribution in [2.75, 3.05) is 5.32 Å². The molecule has 3 aromatic rings. The van der Waals surface area contributed by atoms with Crippen LogP contribution in [0.25, 0.3) is 10.9 Å². The van der Waals surface area contributed by atoms with E-state index in [1.54, 1.807) is 6.07 Å². The van der Waals surface area contributed by atoms with Gasteiger partial charge in [0.25, 0.3) is 0 Å². The van der Waals surface area contributed by atoms with Gasteiger partial charge in [-0.3, -0.25) is 4.98 Å². The summed E-state index contributed by atoms with van der Waals surface area (Å²) in [6.45, 7) is 7.06. The lowest BCUT2D eigenvalue weighted by Crippen LogP contribution is -2.22. The van der Waals surface area contributed by atoms with Gasteiger partial charge in [-0.15, -0.1) is 0 Å². The third-order valence-corrected chi connectivity index (χ3v) is 4.64. The summed E-state index contributed by atoms with van der Waals surface area (Å²) >= 11 is 0. The standard InChI is InChI=1S/C19H22FN5/c1-11(2)18-23-19-16(5-4-8-25(19)24-18)22-17-9-12(3)21-15-7-6-13(20)10-14(15)17/h6-7,9-11,16H,4-5,8H2,1-3H3,(H,21,22). The molecule has 1 unspecified atom stereocenters. The molecule has 1 N–H and O–H groups in total. The Morgan fingerprint density at radius 3 is 2.88 bits per heavy atom. The fraction of sp³-hybridized carbons (Fsp3) is 0.421. The van der Waals surface area contributed by atoms with E-state index in [4.69, 9.17) is 4.98 Å². The topological polar surface area (TPSA) is 55.6 Å². The zero-order valence-corrected chi connectivity index (χ0v) is 14.8. The highest BCUT2D eigenvalue weighted by Crippen LogP contribution is 2.32. The smallest absolute Gasteiger partial charge is 0.153 e. The average Bonchev–Trinajstić information content (AvgIpc) is 3.01. The van der Waals surface area contributed by atoms with E-state index in [9.17, 15) is 4.39 Å². The molecule has 0 bridgehead atoms. The van der Waals surface area contributed by atoms with Crippen LogP contribution in [0.4, 0.5) is 10.1 Å². The minimum atomic E-state index is -0.255. The highest BCUT2D eigenvalue weighted by Gasteiger charge is 2.25. The fourth-order valence-electron chi connectivity index (χ4n) is 3.39. The van der Waals surface area contributed by atoms with E-state index in [0.717, 1.165) is 53.3 Å². The molecule has 0 amide bonds. The molecule has 1 aliphatic rings. The number of nitrogens with zero attached hydrogens (tertiary/aromatic N) is 4. The van der Waals surface area contributed by atoms with Crippen LogP contribution in [0.3, 0.4) is 0 Å². The third kappa shape index (κ3) is 2.97. The summed E-state index contributed by atoms with van der Waals surface area (Å²) in [5.74, 6) is 1.89. The molecule has 5 nitrogen and oxygen atoms in total. The second-order valence-electron chi connectivity index (χ2n) is 7.02. The maximum Gasteiger partial charge on any atom is 0.153 e. The summed E-state index contributed by atoms with van der Waals surface area (Å²) in [5.41, 5.74) is 2.60. The summed E-state index contributed by atoms with van der Waals surface area (Å²) < 4.78 is 15.8. The van der Waals surface area contributed by atoms with Gasteiger partial charge in [-0.2, -0.15) is 5.10 Å². The van der Waals surface area contributed by atoms with Crippen molar-refractivity contribution in [3.63, 3.8) is 0 Å². The number of halogens is 1. The molecule has 0 saturated heterocycles. The van der Waals surface area contributed by atoms with Crippen LogP contribution in [0, 0.1) is 12.7 Å². The van der Waals surface area contributed by atoms with E-state index in [2.05, 4.69) is 29.2 Å². The van der Waals surface area contributed by atoms with E-state index in [1.165, 1.54) is 12.1 Å². The Kier molecular flexibility index (Phi) is 3.90. The number of nitrogens with one attached hydrogen (secondary N) is 1. The molecule has 130 valence electrons. The molecule has 25 heavy (non-hydrogen) atoms. The second-order valence-corrected chi connectivity index (χ2v) is 7.02. The molecule has 6 heteroatoms. The van der Waals surface area contributed by atoms with Crippen molar-refractivity contribution in [1.29, 1.82) is 0 Å². The fourth-order valence-corrected chi connectivity index (χ4v) is 3.39. The van der Waals surface area contributed by atoms with Crippen molar-refractivity contribution in [3.8, 4) is 0 Å². The van der Waals surface area contributed by atoms with Gasteiger partial charge in [0, 0.05) is 29.2 Å². The van der Waals surface area contributed by atoms with Crippen molar-refractivity contribution in [3.05, 3.63) is 47.4 Å². The molecular weight excluding hydrogens is 317 g/mol.